The van der Waals surface area contributed by atoms with E-state index in [1.165, 1.54) is 6.07 Å². The highest BCUT2D eigenvalue weighted by molar-refractivity contribution is 7.80. The highest BCUT2D eigenvalue weighted by atomic mass is 32.1. The van der Waals surface area contributed by atoms with E-state index in [0.717, 1.165) is 10.9 Å². The largest absolute Gasteiger partial charge is 0.491 e. The van der Waals surface area contributed by atoms with Gasteiger partial charge < -0.3 is 13.9 Å². The van der Waals surface area contributed by atoms with Crippen molar-refractivity contribution in [1.82, 2.24) is 0 Å². The average molecular weight is 280 g/mol. The summed E-state index contributed by atoms with van der Waals surface area (Å²) >= 11 is 4.04. The molecule has 19 heavy (non-hydrogen) atoms. The summed E-state index contributed by atoms with van der Waals surface area (Å²) in [6.45, 7) is 3.45. The number of rotatable bonds is 6. The molecule has 0 bridgehead atoms. The first kappa shape index (κ1) is 14.0. The molecular formula is C14H16O4S. The SMILES string of the molecule is Cc1cc(=O)oc2cc(OCCOCCS)ccc12. The summed E-state index contributed by atoms with van der Waals surface area (Å²) in [6.07, 6.45) is 0. The third kappa shape index (κ3) is 3.75. The minimum atomic E-state index is -0.348. The Morgan fingerprint density at radius 1 is 1.21 bits per heavy atom. The smallest absolute Gasteiger partial charge is 0.336 e. The number of benzene rings is 1. The van der Waals surface area contributed by atoms with Gasteiger partial charge in [0.05, 0.1) is 13.2 Å². The van der Waals surface area contributed by atoms with Gasteiger partial charge in [0, 0.05) is 23.3 Å². The zero-order valence-electron chi connectivity index (χ0n) is 10.7. The topological polar surface area (TPSA) is 48.7 Å². The van der Waals surface area contributed by atoms with Gasteiger partial charge in [-0.15, -0.1) is 0 Å². The minimum absolute atomic E-state index is 0.348. The van der Waals surface area contributed by atoms with Crippen LogP contribution in [0.25, 0.3) is 11.0 Å². The Balaban J connectivity index is 2.07. The van der Waals surface area contributed by atoms with Gasteiger partial charge >= 0.3 is 5.63 Å². The zero-order chi connectivity index (χ0) is 13.7. The fraction of sp³-hybridized carbons (Fsp3) is 0.357. The Morgan fingerprint density at radius 2 is 2.05 bits per heavy atom. The fourth-order valence-electron chi connectivity index (χ4n) is 1.78. The van der Waals surface area contributed by atoms with Crippen molar-refractivity contribution in [2.75, 3.05) is 25.6 Å². The lowest BCUT2D eigenvalue weighted by molar-refractivity contribution is 0.112. The van der Waals surface area contributed by atoms with Crippen molar-refractivity contribution in [1.29, 1.82) is 0 Å². The van der Waals surface area contributed by atoms with Gasteiger partial charge in [0.1, 0.15) is 17.9 Å². The summed E-state index contributed by atoms with van der Waals surface area (Å²) in [7, 11) is 0. The van der Waals surface area contributed by atoms with E-state index in [-0.39, 0.29) is 5.63 Å². The Labute approximate surface area is 116 Å². The molecule has 2 rings (SSSR count). The molecule has 0 spiro atoms. The minimum Gasteiger partial charge on any atom is -0.491 e. The maximum atomic E-state index is 11.3. The molecule has 0 aliphatic rings. The second-order valence-electron chi connectivity index (χ2n) is 4.09. The predicted octanol–water partition coefficient (Wildman–Crippen LogP) is 2.43. The molecule has 1 aromatic heterocycles. The molecule has 0 fully saturated rings. The monoisotopic (exact) mass is 280 g/mol. The van der Waals surface area contributed by atoms with Gasteiger partial charge in [-0.25, -0.2) is 4.79 Å². The maximum absolute atomic E-state index is 11.3. The fourth-order valence-corrected chi connectivity index (χ4v) is 1.91. The van der Waals surface area contributed by atoms with Crippen molar-refractivity contribution in [2.24, 2.45) is 0 Å². The molecule has 4 nitrogen and oxygen atoms in total. The molecular weight excluding hydrogens is 264 g/mol. The molecule has 1 heterocycles. The van der Waals surface area contributed by atoms with Crippen LogP contribution in [0, 0.1) is 6.92 Å². The molecule has 0 saturated heterocycles. The van der Waals surface area contributed by atoms with Crippen molar-refractivity contribution in [3.05, 3.63) is 40.2 Å². The van der Waals surface area contributed by atoms with E-state index in [0.29, 0.717) is 36.9 Å². The van der Waals surface area contributed by atoms with E-state index in [4.69, 9.17) is 13.9 Å². The van der Waals surface area contributed by atoms with Gasteiger partial charge in [-0.2, -0.15) is 12.6 Å². The van der Waals surface area contributed by atoms with Gasteiger partial charge in [-0.3, -0.25) is 0 Å². The Kier molecular flexibility index (Phi) is 4.87. The molecule has 2 aromatic rings. The number of fused-ring (bicyclic) bond motifs is 1. The van der Waals surface area contributed by atoms with Crippen LogP contribution in [0.3, 0.4) is 0 Å². The highest BCUT2D eigenvalue weighted by Gasteiger charge is 2.04. The van der Waals surface area contributed by atoms with E-state index >= 15 is 0 Å². The molecule has 1 aromatic carbocycles. The number of hydrogen-bond donors (Lipinski definition) is 1. The van der Waals surface area contributed by atoms with E-state index < -0.39 is 0 Å². The van der Waals surface area contributed by atoms with E-state index in [9.17, 15) is 4.79 Å². The van der Waals surface area contributed by atoms with Gasteiger partial charge in [0.25, 0.3) is 0 Å². The van der Waals surface area contributed by atoms with Crippen molar-refractivity contribution in [3.63, 3.8) is 0 Å². The molecule has 5 heteroatoms. The molecule has 0 N–H and O–H groups in total. The molecule has 0 radical (unpaired) electrons. The number of aryl methyl sites for hydroxylation is 1. The Bertz CT molecular complexity index is 606. The third-order valence-electron chi connectivity index (χ3n) is 2.65. The Hall–Kier alpha value is -1.46. The summed E-state index contributed by atoms with van der Waals surface area (Å²) in [4.78, 5) is 11.3. The molecule has 0 aliphatic heterocycles. The van der Waals surface area contributed by atoms with Crippen molar-refractivity contribution in [3.8, 4) is 5.75 Å². The van der Waals surface area contributed by atoms with Gasteiger partial charge in [0.15, 0.2) is 0 Å². The van der Waals surface area contributed by atoms with E-state index in [1.807, 2.05) is 19.1 Å². The zero-order valence-corrected chi connectivity index (χ0v) is 11.6. The van der Waals surface area contributed by atoms with Crippen LogP contribution in [0.2, 0.25) is 0 Å². The Morgan fingerprint density at radius 3 is 2.84 bits per heavy atom. The van der Waals surface area contributed by atoms with Crippen LogP contribution >= 0.6 is 12.6 Å². The average Bonchev–Trinajstić information content (AvgIpc) is 2.38. The highest BCUT2D eigenvalue weighted by Crippen LogP contribution is 2.22. The molecule has 0 unspecified atom stereocenters. The summed E-state index contributed by atoms with van der Waals surface area (Å²) in [6, 6.07) is 6.95. The second-order valence-corrected chi connectivity index (χ2v) is 4.54. The van der Waals surface area contributed by atoms with Crippen LogP contribution in [-0.2, 0) is 4.74 Å². The molecule has 0 aliphatic carbocycles. The first-order valence-electron chi connectivity index (χ1n) is 6.06. The molecule has 0 amide bonds. The standard InChI is InChI=1S/C14H16O4S/c1-10-8-14(15)18-13-9-11(2-3-12(10)13)17-5-4-16-6-7-19/h2-3,8-9,19H,4-7H2,1H3. The lowest BCUT2D eigenvalue weighted by Gasteiger charge is -2.07. The van der Waals surface area contributed by atoms with Crippen LogP contribution < -0.4 is 10.4 Å². The summed E-state index contributed by atoms with van der Waals surface area (Å²) in [5.74, 6) is 1.36. The van der Waals surface area contributed by atoms with Crippen molar-refractivity contribution >= 4 is 23.6 Å². The van der Waals surface area contributed by atoms with Gasteiger partial charge in [-0.1, -0.05) is 0 Å². The van der Waals surface area contributed by atoms with Gasteiger partial charge in [0.2, 0.25) is 0 Å². The van der Waals surface area contributed by atoms with Gasteiger partial charge in [-0.05, 0) is 24.6 Å². The molecule has 0 saturated carbocycles. The van der Waals surface area contributed by atoms with Crippen molar-refractivity contribution in [2.45, 2.75) is 6.92 Å². The summed E-state index contributed by atoms with van der Waals surface area (Å²) in [5, 5.41) is 0.915. The van der Waals surface area contributed by atoms with E-state index in [2.05, 4.69) is 12.6 Å². The normalized spacial score (nSPS) is 10.8. The van der Waals surface area contributed by atoms with Crippen LogP contribution in [0.1, 0.15) is 5.56 Å². The second kappa shape index (κ2) is 6.63. The number of thiol groups is 1. The first-order chi connectivity index (χ1) is 9.20. The molecule has 0 atom stereocenters. The third-order valence-corrected chi connectivity index (χ3v) is 2.84. The van der Waals surface area contributed by atoms with Crippen LogP contribution in [-0.4, -0.2) is 25.6 Å². The van der Waals surface area contributed by atoms with Crippen molar-refractivity contribution < 1.29 is 13.9 Å². The quantitative estimate of drug-likeness (QED) is 0.501. The van der Waals surface area contributed by atoms with Crippen LogP contribution in [0.4, 0.5) is 0 Å². The molecule has 102 valence electrons. The lowest BCUT2D eigenvalue weighted by atomic mass is 10.1. The summed E-state index contributed by atoms with van der Waals surface area (Å²) < 4.78 is 15.9. The van der Waals surface area contributed by atoms with Crippen LogP contribution in [0.5, 0.6) is 5.75 Å². The number of ether oxygens (including phenoxy) is 2. The van der Waals surface area contributed by atoms with Crippen LogP contribution in [0.15, 0.2) is 33.5 Å². The number of hydrogen-bond acceptors (Lipinski definition) is 5. The first-order valence-corrected chi connectivity index (χ1v) is 6.70. The van der Waals surface area contributed by atoms with E-state index in [1.54, 1.807) is 6.07 Å². The maximum Gasteiger partial charge on any atom is 0.336 e. The lowest BCUT2D eigenvalue weighted by Crippen LogP contribution is -2.08. The summed E-state index contributed by atoms with van der Waals surface area (Å²) in [5.41, 5.74) is 1.09. The predicted molar refractivity (Wildman–Crippen MR) is 77.4 cm³/mol.